The molecule has 38 heavy (non-hydrogen) atoms. The van der Waals surface area contributed by atoms with Crippen LogP contribution in [0.3, 0.4) is 0 Å². The molecule has 0 unspecified atom stereocenters. The van der Waals surface area contributed by atoms with Crippen molar-refractivity contribution in [2.75, 3.05) is 51.8 Å². The molecule has 1 saturated heterocycles. The molecule has 0 spiro atoms. The zero-order chi connectivity index (χ0) is 26.2. The van der Waals surface area contributed by atoms with E-state index in [1.807, 2.05) is 28.1 Å². The lowest BCUT2D eigenvalue weighted by molar-refractivity contribution is 0.0950. The number of carbonyl (C=O) groups excluding carboxylic acids is 1. The highest BCUT2D eigenvalue weighted by Gasteiger charge is 2.25. The maximum atomic E-state index is 13.9. The van der Waals surface area contributed by atoms with Crippen molar-refractivity contribution in [2.45, 2.75) is 12.8 Å². The Bertz CT molecular complexity index is 1730. The number of methoxy groups -OCH3 is 1. The Morgan fingerprint density at radius 1 is 1.03 bits per heavy atom. The molecule has 1 aliphatic rings. The van der Waals surface area contributed by atoms with Crippen molar-refractivity contribution in [3.63, 3.8) is 0 Å². The molecule has 9 heteroatoms. The van der Waals surface area contributed by atoms with E-state index in [2.05, 4.69) is 39.8 Å². The van der Waals surface area contributed by atoms with Gasteiger partial charge in [-0.15, -0.1) is 0 Å². The summed E-state index contributed by atoms with van der Waals surface area (Å²) in [5, 5.41) is 8.85. The third-order valence-electron chi connectivity index (χ3n) is 7.51. The number of fused-ring (bicyclic) bond motifs is 6. The van der Waals surface area contributed by atoms with Gasteiger partial charge in [0.15, 0.2) is 5.65 Å². The van der Waals surface area contributed by atoms with Gasteiger partial charge in [0.2, 0.25) is 5.43 Å². The molecule has 5 aromatic rings. The van der Waals surface area contributed by atoms with Crippen molar-refractivity contribution in [3.05, 3.63) is 64.3 Å². The molecule has 0 aliphatic carbocycles. The van der Waals surface area contributed by atoms with Gasteiger partial charge in [-0.2, -0.15) is 0 Å². The second kappa shape index (κ2) is 10.1. The molecule has 3 aromatic heterocycles. The van der Waals surface area contributed by atoms with E-state index in [-0.39, 0.29) is 16.9 Å². The second-order valence-corrected chi connectivity index (χ2v) is 9.90. The maximum Gasteiger partial charge on any atom is 0.259 e. The van der Waals surface area contributed by atoms with Crippen molar-refractivity contribution in [1.82, 2.24) is 24.2 Å². The van der Waals surface area contributed by atoms with E-state index in [9.17, 15) is 9.59 Å². The average Bonchev–Trinajstić information content (AvgIpc) is 3.54. The Morgan fingerprint density at radius 2 is 1.76 bits per heavy atom. The molecule has 1 fully saturated rings. The van der Waals surface area contributed by atoms with Crippen LogP contribution in [0.25, 0.3) is 38.5 Å². The summed E-state index contributed by atoms with van der Waals surface area (Å²) in [6, 6.07) is 15.9. The number of imidazole rings is 1. The Labute approximate surface area is 220 Å². The van der Waals surface area contributed by atoms with E-state index in [1.54, 1.807) is 19.2 Å². The third kappa shape index (κ3) is 4.17. The van der Waals surface area contributed by atoms with Crippen LogP contribution >= 0.6 is 0 Å². The summed E-state index contributed by atoms with van der Waals surface area (Å²) in [5.41, 5.74) is 2.68. The second-order valence-electron chi connectivity index (χ2n) is 9.90. The molecule has 1 aliphatic heterocycles. The minimum absolute atomic E-state index is 0.142. The third-order valence-corrected chi connectivity index (χ3v) is 7.51. The standard InChI is InChI=1S/C29H32N6O3/c1-33-22-17-19-7-3-4-8-20(19)18-23(22)35-27-21(9-10-24(32-27)30-12-16-38-2)26(36)25(29(33)35)28(37)31-11-15-34-13-5-6-14-34/h3-4,7-10,17-18H,5-6,11-16H2,1-2H3,(H,30,32)(H,31,37). The number of ether oxygens (including phenoxy) is 1. The molecule has 0 radical (unpaired) electrons. The van der Waals surface area contributed by atoms with Crippen molar-refractivity contribution < 1.29 is 9.53 Å². The molecule has 2 N–H and O–H groups in total. The number of nitrogens with one attached hydrogen (secondary N) is 2. The SMILES string of the molecule is COCCNc1ccc2c(=O)c(C(=O)NCCN3CCCC3)c3n(C)c4cc5ccccc5cc4n3c2n1. The predicted molar refractivity (Wildman–Crippen MR) is 151 cm³/mol. The minimum atomic E-state index is -0.355. The van der Waals surface area contributed by atoms with E-state index in [0.717, 1.165) is 41.4 Å². The first kappa shape index (κ1) is 24.4. The maximum absolute atomic E-state index is 13.9. The van der Waals surface area contributed by atoms with Crippen LogP contribution in [0.1, 0.15) is 23.2 Å². The topological polar surface area (TPSA) is 92.9 Å². The quantitative estimate of drug-likeness (QED) is 0.310. The number of hydrogen-bond donors (Lipinski definition) is 2. The van der Waals surface area contributed by atoms with Crippen molar-refractivity contribution >= 4 is 50.2 Å². The molecule has 0 atom stereocenters. The van der Waals surface area contributed by atoms with Crippen LogP contribution in [0.2, 0.25) is 0 Å². The number of rotatable bonds is 8. The fourth-order valence-corrected chi connectivity index (χ4v) is 5.57. The van der Waals surface area contributed by atoms with Crippen LogP contribution in [0, 0.1) is 0 Å². The molecule has 196 valence electrons. The lowest BCUT2D eigenvalue weighted by atomic mass is 10.1. The van der Waals surface area contributed by atoms with Gasteiger partial charge in [0, 0.05) is 33.8 Å². The van der Waals surface area contributed by atoms with Crippen LogP contribution in [-0.4, -0.2) is 71.2 Å². The van der Waals surface area contributed by atoms with E-state index >= 15 is 0 Å². The number of anilines is 1. The van der Waals surface area contributed by atoms with Crippen LogP contribution in [0.4, 0.5) is 5.82 Å². The Balaban J connectivity index is 1.56. The van der Waals surface area contributed by atoms with Gasteiger partial charge in [0.1, 0.15) is 17.0 Å². The van der Waals surface area contributed by atoms with E-state index in [0.29, 0.717) is 42.2 Å². The molecule has 1 amide bonds. The van der Waals surface area contributed by atoms with Crippen LogP contribution in [-0.2, 0) is 11.8 Å². The summed E-state index contributed by atoms with van der Waals surface area (Å²) in [7, 11) is 3.55. The summed E-state index contributed by atoms with van der Waals surface area (Å²) in [5.74, 6) is 0.287. The Morgan fingerprint density at radius 3 is 2.50 bits per heavy atom. The van der Waals surface area contributed by atoms with Crippen LogP contribution in [0.5, 0.6) is 0 Å². The number of amides is 1. The fourth-order valence-electron chi connectivity index (χ4n) is 5.57. The first-order chi connectivity index (χ1) is 18.6. The highest BCUT2D eigenvalue weighted by Crippen LogP contribution is 2.29. The minimum Gasteiger partial charge on any atom is -0.383 e. The summed E-state index contributed by atoms with van der Waals surface area (Å²) in [4.78, 5) is 34.6. The van der Waals surface area contributed by atoms with Gasteiger partial charge in [-0.25, -0.2) is 4.98 Å². The first-order valence-corrected chi connectivity index (χ1v) is 13.2. The molecular formula is C29H32N6O3. The van der Waals surface area contributed by atoms with E-state index in [4.69, 9.17) is 9.72 Å². The van der Waals surface area contributed by atoms with Gasteiger partial charge in [0.25, 0.3) is 5.91 Å². The van der Waals surface area contributed by atoms with Crippen LogP contribution < -0.4 is 16.1 Å². The Kier molecular flexibility index (Phi) is 6.47. The number of aryl methyl sites for hydroxylation is 1. The largest absolute Gasteiger partial charge is 0.383 e. The average molecular weight is 513 g/mol. The van der Waals surface area contributed by atoms with Gasteiger partial charge in [-0.3, -0.25) is 14.0 Å². The zero-order valence-electron chi connectivity index (χ0n) is 21.8. The highest BCUT2D eigenvalue weighted by atomic mass is 16.5. The zero-order valence-corrected chi connectivity index (χ0v) is 21.8. The molecule has 2 aromatic carbocycles. The number of pyridine rings is 2. The summed E-state index contributed by atoms with van der Waals surface area (Å²) < 4.78 is 9.04. The van der Waals surface area contributed by atoms with Gasteiger partial charge in [0.05, 0.1) is 23.0 Å². The molecule has 0 bridgehead atoms. The van der Waals surface area contributed by atoms with E-state index in [1.165, 1.54) is 12.8 Å². The lowest BCUT2D eigenvalue weighted by Crippen LogP contribution is -2.36. The number of nitrogens with zero attached hydrogens (tertiary/aromatic N) is 4. The van der Waals surface area contributed by atoms with E-state index < -0.39 is 0 Å². The van der Waals surface area contributed by atoms with Gasteiger partial charge in [-0.1, -0.05) is 24.3 Å². The summed E-state index contributed by atoms with van der Waals surface area (Å²) in [6.45, 7) is 4.51. The van der Waals surface area contributed by atoms with Gasteiger partial charge in [-0.05, 0) is 61.0 Å². The molecule has 4 heterocycles. The van der Waals surface area contributed by atoms with Crippen molar-refractivity contribution in [3.8, 4) is 0 Å². The summed E-state index contributed by atoms with van der Waals surface area (Å²) >= 11 is 0. The molecule has 0 saturated carbocycles. The molecule has 9 nitrogen and oxygen atoms in total. The predicted octanol–water partition coefficient (Wildman–Crippen LogP) is 3.38. The van der Waals surface area contributed by atoms with Crippen molar-refractivity contribution in [1.29, 1.82) is 0 Å². The number of benzene rings is 2. The highest BCUT2D eigenvalue weighted by molar-refractivity contribution is 6.07. The number of aromatic nitrogens is 3. The first-order valence-electron chi connectivity index (χ1n) is 13.2. The fraction of sp³-hybridized carbons (Fsp3) is 0.345. The summed E-state index contributed by atoms with van der Waals surface area (Å²) in [6.07, 6.45) is 2.39. The Hall–Kier alpha value is -3.95. The normalized spacial score (nSPS) is 14.3. The number of likely N-dealkylation sites (tertiary alicyclic amines) is 1. The number of carbonyl (C=O) groups is 1. The molecular weight excluding hydrogens is 480 g/mol. The number of hydrogen-bond acceptors (Lipinski definition) is 6. The van der Waals surface area contributed by atoms with Crippen LogP contribution in [0.15, 0.2) is 53.3 Å². The molecule has 6 rings (SSSR count). The van der Waals surface area contributed by atoms with Crippen molar-refractivity contribution in [2.24, 2.45) is 7.05 Å². The lowest BCUT2D eigenvalue weighted by Gasteiger charge is -2.15. The smallest absolute Gasteiger partial charge is 0.259 e. The monoisotopic (exact) mass is 512 g/mol. The van der Waals surface area contributed by atoms with Gasteiger partial charge < -0.3 is 24.8 Å². The van der Waals surface area contributed by atoms with Gasteiger partial charge >= 0.3 is 0 Å².